The summed E-state index contributed by atoms with van der Waals surface area (Å²) < 4.78 is 0. The van der Waals surface area contributed by atoms with Gasteiger partial charge in [-0.15, -0.1) is 0 Å². The molecule has 0 aliphatic heterocycles. The van der Waals surface area contributed by atoms with E-state index in [4.69, 9.17) is 23.2 Å². The van der Waals surface area contributed by atoms with Crippen LogP contribution in [0.2, 0.25) is 10.2 Å². The van der Waals surface area contributed by atoms with Gasteiger partial charge in [0.15, 0.2) is 0 Å². The van der Waals surface area contributed by atoms with Crippen LogP contribution in [0.1, 0.15) is 21.5 Å². The molecule has 1 aromatic carbocycles. The number of aromatic nitrogens is 1. The van der Waals surface area contributed by atoms with E-state index in [-0.39, 0.29) is 16.1 Å². The Hall–Kier alpha value is -1.58. The number of rotatable bonds is 2. The molecule has 0 radical (unpaired) electrons. The molecule has 1 heterocycles. The summed E-state index contributed by atoms with van der Waals surface area (Å²) >= 11 is 11.7. The molecule has 0 aliphatic carbocycles. The highest BCUT2D eigenvalue weighted by Gasteiger charge is 2.12. The van der Waals surface area contributed by atoms with Crippen LogP contribution < -0.4 is 5.32 Å². The summed E-state index contributed by atoms with van der Waals surface area (Å²) in [5, 5.41) is 3.30. The molecule has 0 saturated carbocycles. The molecule has 0 unspecified atom stereocenters. The molecule has 0 atom stereocenters. The molecule has 5 heteroatoms. The van der Waals surface area contributed by atoms with Crippen molar-refractivity contribution in [1.82, 2.24) is 4.98 Å². The van der Waals surface area contributed by atoms with Crippen molar-refractivity contribution in [3.8, 4) is 0 Å². The molecule has 98 valence electrons. The fourth-order valence-corrected chi connectivity index (χ4v) is 2.18. The Bertz CT molecular complexity index is 621. The van der Waals surface area contributed by atoms with Gasteiger partial charge in [-0.3, -0.25) is 4.79 Å². The highest BCUT2D eigenvalue weighted by Crippen LogP contribution is 2.20. The summed E-state index contributed by atoms with van der Waals surface area (Å²) in [4.78, 5) is 15.9. The van der Waals surface area contributed by atoms with E-state index in [9.17, 15) is 4.79 Å². The Balaban J connectivity index is 2.28. The van der Waals surface area contributed by atoms with Gasteiger partial charge in [-0.05, 0) is 43.2 Å². The van der Waals surface area contributed by atoms with Crippen molar-refractivity contribution in [1.29, 1.82) is 0 Å². The maximum absolute atomic E-state index is 12.1. The van der Waals surface area contributed by atoms with Gasteiger partial charge in [0.25, 0.3) is 5.91 Å². The summed E-state index contributed by atoms with van der Waals surface area (Å²) in [6.07, 6.45) is 1.36. The van der Waals surface area contributed by atoms with Gasteiger partial charge < -0.3 is 5.32 Å². The number of benzene rings is 1. The van der Waals surface area contributed by atoms with Crippen LogP contribution in [0, 0.1) is 13.8 Å². The zero-order chi connectivity index (χ0) is 14.0. The Morgan fingerprint density at radius 2 is 1.74 bits per heavy atom. The number of pyridine rings is 1. The molecular weight excluding hydrogens is 283 g/mol. The zero-order valence-electron chi connectivity index (χ0n) is 10.5. The fraction of sp³-hybridized carbons (Fsp3) is 0.143. The minimum atomic E-state index is -0.306. The van der Waals surface area contributed by atoms with Crippen LogP contribution in [-0.2, 0) is 0 Å². The van der Waals surface area contributed by atoms with Crippen molar-refractivity contribution in [2.24, 2.45) is 0 Å². The molecule has 2 rings (SSSR count). The smallest absolute Gasteiger partial charge is 0.257 e. The molecule has 2 aromatic rings. The maximum Gasteiger partial charge on any atom is 0.257 e. The van der Waals surface area contributed by atoms with Crippen molar-refractivity contribution in [2.45, 2.75) is 13.8 Å². The minimum absolute atomic E-state index is 0.231. The number of anilines is 1. The number of amides is 1. The van der Waals surface area contributed by atoms with Gasteiger partial charge >= 0.3 is 0 Å². The predicted octanol–water partition coefficient (Wildman–Crippen LogP) is 4.26. The number of carbonyl (C=O) groups excluding carboxylic acids is 1. The Labute approximate surface area is 121 Å². The van der Waals surface area contributed by atoms with E-state index >= 15 is 0 Å². The molecule has 3 nitrogen and oxygen atoms in total. The van der Waals surface area contributed by atoms with E-state index < -0.39 is 0 Å². The maximum atomic E-state index is 12.1. The van der Waals surface area contributed by atoms with Gasteiger partial charge in [0, 0.05) is 11.9 Å². The van der Waals surface area contributed by atoms with E-state index in [2.05, 4.69) is 10.3 Å². The third-order valence-electron chi connectivity index (χ3n) is 2.55. The number of hydrogen-bond donors (Lipinski definition) is 1. The monoisotopic (exact) mass is 294 g/mol. The van der Waals surface area contributed by atoms with Crippen molar-refractivity contribution in [2.75, 3.05) is 5.32 Å². The molecule has 0 spiro atoms. The molecule has 0 bridgehead atoms. The van der Waals surface area contributed by atoms with E-state index in [1.165, 1.54) is 12.3 Å². The van der Waals surface area contributed by atoms with Crippen molar-refractivity contribution < 1.29 is 4.79 Å². The lowest BCUT2D eigenvalue weighted by Gasteiger charge is -2.08. The highest BCUT2D eigenvalue weighted by atomic mass is 35.5. The first-order chi connectivity index (χ1) is 8.95. The Morgan fingerprint density at radius 1 is 1.11 bits per heavy atom. The number of nitrogens with zero attached hydrogens (tertiary/aromatic N) is 1. The number of aryl methyl sites for hydroxylation is 2. The van der Waals surface area contributed by atoms with Gasteiger partial charge in [-0.25, -0.2) is 4.98 Å². The molecule has 1 amide bonds. The van der Waals surface area contributed by atoms with Gasteiger partial charge in [0.1, 0.15) is 5.15 Å². The van der Waals surface area contributed by atoms with Crippen LogP contribution in [0.15, 0.2) is 30.5 Å². The first kappa shape index (κ1) is 13.8. The van der Waals surface area contributed by atoms with E-state index in [0.717, 1.165) is 16.8 Å². The summed E-state index contributed by atoms with van der Waals surface area (Å²) in [5.74, 6) is -0.306. The molecule has 0 saturated heterocycles. The molecule has 19 heavy (non-hydrogen) atoms. The van der Waals surface area contributed by atoms with E-state index in [1.54, 1.807) is 0 Å². The quantitative estimate of drug-likeness (QED) is 0.841. The highest BCUT2D eigenvalue weighted by molar-refractivity contribution is 6.35. The normalized spacial score (nSPS) is 10.3. The van der Waals surface area contributed by atoms with Crippen molar-refractivity contribution >= 4 is 34.8 Å². The first-order valence-corrected chi connectivity index (χ1v) is 6.42. The van der Waals surface area contributed by atoms with Crippen molar-refractivity contribution in [3.63, 3.8) is 0 Å². The minimum Gasteiger partial charge on any atom is -0.322 e. The van der Waals surface area contributed by atoms with Crippen LogP contribution in [0.4, 0.5) is 5.69 Å². The summed E-state index contributed by atoms with van der Waals surface area (Å²) in [6.45, 7) is 3.94. The van der Waals surface area contributed by atoms with Gasteiger partial charge in [0.2, 0.25) is 0 Å². The van der Waals surface area contributed by atoms with Crippen molar-refractivity contribution in [3.05, 3.63) is 57.3 Å². The van der Waals surface area contributed by atoms with Crippen LogP contribution >= 0.6 is 23.2 Å². The number of hydrogen-bond acceptors (Lipinski definition) is 2. The standard InChI is InChI=1S/C14H12Cl2N2O/c1-8-3-9(2)5-10(4-8)18-14(19)11-6-13(16)17-7-12(11)15/h3-7H,1-2H3,(H,18,19). The second-order valence-electron chi connectivity index (χ2n) is 4.32. The first-order valence-electron chi connectivity index (χ1n) is 5.66. The lowest BCUT2D eigenvalue weighted by Crippen LogP contribution is -2.13. The summed E-state index contributed by atoms with van der Waals surface area (Å²) in [7, 11) is 0. The third kappa shape index (κ3) is 3.46. The van der Waals surface area contributed by atoms with Gasteiger partial charge in [-0.1, -0.05) is 29.3 Å². The average molecular weight is 295 g/mol. The number of carbonyl (C=O) groups is 1. The average Bonchev–Trinajstić information content (AvgIpc) is 2.30. The van der Waals surface area contributed by atoms with Gasteiger partial charge in [-0.2, -0.15) is 0 Å². The Morgan fingerprint density at radius 3 is 2.37 bits per heavy atom. The molecule has 1 aromatic heterocycles. The van der Waals surface area contributed by atoms with Crippen LogP contribution in [-0.4, -0.2) is 10.9 Å². The predicted molar refractivity (Wildman–Crippen MR) is 78.1 cm³/mol. The van der Waals surface area contributed by atoms with Crippen LogP contribution in [0.25, 0.3) is 0 Å². The van der Waals surface area contributed by atoms with Crippen LogP contribution in [0.3, 0.4) is 0 Å². The summed E-state index contributed by atoms with van der Waals surface area (Å²) in [5.41, 5.74) is 3.19. The van der Waals surface area contributed by atoms with Crippen LogP contribution in [0.5, 0.6) is 0 Å². The topological polar surface area (TPSA) is 42.0 Å². The number of nitrogens with one attached hydrogen (secondary N) is 1. The second kappa shape index (κ2) is 5.59. The van der Waals surface area contributed by atoms with E-state index in [0.29, 0.717) is 5.56 Å². The second-order valence-corrected chi connectivity index (χ2v) is 5.11. The molecule has 0 aliphatic rings. The Kier molecular flexibility index (Phi) is 4.08. The summed E-state index contributed by atoms with van der Waals surface area (Å²) in [6, 6.07) is 7.26. The largest absolute Gasteiger partial charge is 0.322 e. The lowest BCUT2D eigenvalue weighted by molar-refractivity contribution is 0.102. The fourth-order valence-electron chi connectivity index (χ4n) is 1.83. The van der Waals surface area contributed by atoms with Gasteiger partial charge in [0.05, 0.1) is 10.6 Å². The third-order valence-corrected chi connectivity index (χ3v) is 3.05. The molecule has 0 fully saturated rings. The molecule has 1 N–H and O–H groups in total. The van der Waals surface area contributed by atoms with E-state index in [1.807, 2.05) is 32.0 Å². The SMILES string of the molecule is Cc1cc(C)cc(NC(=O)c2cc(Cl)ncc2Cl)c1. The zero-order valence-corrected chi connectivity index (χ0v) is 12.0. The lowest BCUT2D eigenvalue weighted by atomic mass is 10.1. The molecular formula is C14H12Cl2N2O. The number of halogens is 2.